The Hall–Kier alpha value is -6.22. The van der Waals surface area contributed by atoms with Crippen molar-refractivity contribution in [2.75, 3.05) is 121 Å². The Kier molecular flexibility index (Phi) is 53.1. The van der Waals surface area contributed by atoms with Gasteiger partial charge in [0.05, 0.1) is 0 Å². The molecule has 0 bridgehead atoms. The van der Waals surface area contributed by atoms with E-state index in [1.165, 1.54) is 109 Å². The van der Waals surface area contributed by atoms with Crippen LogP contribution in [0.25, 0.3) is 0 Å². The highest BCUT2D eigenvalue weighted by Gasteiger charge is 2.19. The molecule has 5 fully saturated rings. The van der Waals surface area contributed by atoms with Crippen molar-refractivity contribution in [2.45, 2.75) is 99.1 Å². The van der Waals surface area contributed by atoms with Crippen molar-refractivity contribution in [3.8, 4) is 0 Å². The van der Waals surface area contributed by atoms with Crippen molar-refractivity contribution < 1.29 is 0 Å². The molecule has 7 rings (SSSR count). The smallest absolute Gasteiger partial charge is 0.0395 e. The largest absolute Gasteiger partial charge is 0.393 e. The molecular formula is C59H113N15. The number of piperazine rings is 1. The second-order valence-corrected chi connectivity index (χ2v) is 17.5. The molecule has 11 N–H and O–H groups in total. The maximum Gasteiger partial charge on any atom is 0.0395 e. The molecule has 0 radical (unpaired) electrons. The van der Waals surface area contributed by atoms with E-state index in [0.29, 0.717) is 0 Å². The first-order chi connectivity index (χ1) is 34.9. The summed E-state index contributed by atoms with van der Waals surface area (Å²) in [6, 6.07) is 21.1. The first kappa shape index (κ1) is 72.0. The van der Waals surface area contributed by atoms with Gasteiger partial charge in [0.25, 0.3) is 0 Å². The molecule has 3 aliphatic heterocycles. The molecule has 2 saturated carbocycles. The van der Waals surface area contributed by atoms with Crippen LogP contribution in [0, 0.1) is 5.92 Å². The summed E-state index contributed by atoms with van der Waals surface area (Å²) in [6.45, 7) is 11.6. The number of para-hydroxylation sites is 1. The predicted octanol–water partition coefficient (Wildman–Crippen LogP) is 8.52. The first-order valence-corrected chi connectivity index (χ1v) is 26.2. The van der Waals surface area contributed by atoms with Gasteiger partial charge < -0.3 is 78.1 Å². The normalized spacial score (nSPS) is 15.9. The number of likely N-dealkylation sites (tertiary alicyclic amines) is 2. The molecule has 2 aromatic carbocycles. The van der Waals surface area contributed by atoms with Gasteiger partial charge in [0.1, 0.15) is 0 Å². The van der Waals surface area contributed by atoms with E-state index in [1.807, 2.05) is 166 Å². The highest BCUT2D eigenvalue weighted by molar-refractivity contribution is 5.44. The molecule has 74 heavy (non-hydrogen) atoms. The monoisotopic (exact) mass is 1030 g/mol. The third-order valence-electron chi connectivity index (χ3n) is 11.1. The molecule has 0 amide bonds. The molecule has 0 unspecified atom stereocenters. The van der Waals surface area contributed by atoms with Crippen LogP contribution >= 0.6 is 0 Å². The minimum Gasteiger partial charge on any atom is -0.393 e. The van der Waals surface area contributed by atoms with E-state index in [9.17, 15) is 0 Å². The van der Waals surface area contributed by atoms with Gasteiger partial charge in [-0.2, -0.15) is 0 Å². The molecule has 2 aromatic rings. The Labute approximate surface area is 455 Å². The minimum atomic E-state index is 0. The first-order valence-electron chi connectivity index (χ1n) is 26.2. The van der Waals surface area contributed by atoms with Gasteiger partial charge in [-0.05, 0) is 94.9 Å². The Morgan fingerprint density at radius 1 is 0.419 bits per heavy atom. The topological polar surface area (TPSA) is 145 Å². The summed E-state index contributed by atoms with van der Waals surface area (Å²) in [5, 5.41) is 33.3. The van der Waals surface area contributed by atoms with Crippen LogP contribution in [0.1, 0.15) is 92.1 Å². The Morgan fingerprint density at radius 2 is 0.824 bits per heavy atom. The third kappa shape index (κ3) is 48.1. The van der Waals surface area contributed by atoms with Crippen molar-refractivity contribution in [3.63, 3.8) is 0 Å². The van der Waals surface area contributed by atoms with Gasteiger partial charge >= 0.3 is 0 Å². The van der Waals surface area contributed by atoms with E-state index in [2.05, 4.69) is 116 Å². The van der Waals surface area contributed by atoms with E-state index in [-0.39, 0.29) is 22.3 Å². The fraction of sp³-hybridized carbons (Fsp3) is 0.559. The standard InChI is InChI=1S/C10H14N2.C9H12N2.C8H17N3.2C8H16N2.C7H14N2.C6H12N2.3CH4/c1-11-7-8-12-9-10-5-3-2-4-6-10;1-10-7-8-11-9-5-3-2-4-6-9;1-9-3-4-11-7-5-10(2)6-8-11;2*1-9-5-8-10-6-3-2-4-7-10;1-8-4-5-9-6-7-2-3-7;1-7-4-5-8-6-2-3-6;;;/h2-8,11-12H,9H2,1H3;2-8,10-11H,1H3;3-4,9H,5-8H2,1-2H3;2*5,8-9H,2-4,6-7H2,1H3;4-5,7-9H,2-3,6H2,1H3;4-8H,2-3H2,1H3;3*1H4. The lowest BCUT2D eigenvalue weighted by Gasteiger charge is -2.31. The fourth-order valence-corrected chi connectivity index (χ4v) is 6.53. The molecule has 2 aliphatic carbocycles. The Bertz CT molecular complexity index is 1600. The number of rotatable bonds is 20. The van der Waals surface area contributed by atoms with Crippen molar-refractivity contribution in [1.29, 1.82) is 0 Å². The van der Waals surface area contributed by atoms with Crippen molar-refractivity contribution in [2.24, 2.45) is 5.92 Å². The van der Waals surface area contributed by atoms with Gasteiger partial charge in [-0.25, -0.2) is 0 Å². The number of nitrogens with zero attached hydrogens (tertiary/aromatic N) is 4. The van der Waals surface area contributed by atoms with Gasteiger partial charge in [0, 0.05) is 213 Å². The maximum absolute atomic E-state index is 3.21. The minimum absolute atomic E-state index is 0. The highest BCUT2D eigenvalue weighted by Crippen LogP contribution is 2.27. The average molecular weight is 1030 g/mol. The molecule has 15 nitrogen and oxygen atoms in total. The van der Waals surface area contributed by atoms with Crippen LogP contribution in [0.4, 0.5) is 5.69 Å². The van der Waals surface area contributed by atoms with Gasteiger partial charge in [-0.3, -0.25) is 0 Å². The summed E-state index contributed by atoms with van der Waals surface area (Å²) >= 11 is 0. The lowest BCUT2D eigenvalue weighted by molar-refractivity contribution is 0.198. The summed E-state index contributed by atoms with van der Waals surface area (Å²) in [7, 11) is 15.5. The van der Waals surface area contributed by atoms with E-state index in [4.69, 9.17) is 0 Å². The number of piperidine rings is 2. The summed E-state index contributed by atoms with van der Waals surface area (Å²) in [4.78, 5) is 9.40. The zero-order valence-corrected chi connectivity index (χ0v) is 45.4. The SMILES string of the molecule is C.C.C.CNC=CN1CCCCC1.CNC=CN1CCCCC1.CNC=CN1CCN(C)CC1.CNC=CNC1CC1.CNC=CNCC1CC1.CNC=CNCc1ccccc1.CNC=CNc1ccccc1. The van der Waals surface area contributed by atoms with Crippen molar-refractivity contribution >= 4 is 5.69 Å². The second-order valence-electron chi connectivity index (χ2n) is 17.5. The Balaban J connectivity index is -0.000000792. The molecular weight excluding hydrogens is 919 g/mol. The molecule has 3 heterocycles. The van der Waals surface area contributed by atoms with E-state index >= 15 is 0 Å². The van der Waals surface area contributed by atoms with Crippen LogP contribution < -0.4 is 58.5 Å². The number of benzene rings is 2. The zero-order chi connectivity index (χ0) is 51.5. The lowest BCUT2D eigenvalue weighted by atomic mass is 10.1. The van der Waals surface area contributed by atoms with Crippen LogP contribution in [0.3, 0.4) is 0 Å². The summed E-state index contributed by atoms with van der Waals surface area (Å²) in [5.41, 5.74) is 2.39. The van der Waals surface area contributed by atoms with E-state index in [0.717, 1.165) is 43.8 Å². The molecule has 0 spiro atoms. The summed E-state index contributed by atoms with van der Waals surface area (Å²) < 4.78 is 0. The van der Waals surface area contributed by atoms with Crippen LogP contribution in [0.15, 0.2) is 147 Å². The maximum atomic E-state index is 3.21. The van der Waals surface area contributed by atoms with Gasteiger partial charge in [-0.15, -0.1) is 0 Å². The second kappa shape index (κ2) is 54.6. The van der Waals surface area contributed by atoms with Crippen LogP contribution in [0.2, 0.25) is 0 Å². The lowest BCUT2D eigenvalue weighted by Crippen LogP contribution is -2.41. The molecule has 0 atom stereocenters. The Morgan fingerprint density at radius 3 is 1.26 bits per heavy atom. The number of hydrogen-bond acceptors (Lipinski definition) is 15. The van der Waals surface area contributed by atoms with Gasteiger partial charge in [0.2, 0.25) is 0 Å². The van der Waals surface area contributed by atoms with Crippen molar-refractivity contribution in [1.82, 2.24) is 72.8 Å². The molecule has 0 aromatic heterocycles. The molecule has 5 aliphatic rings. The molecule has 3 saturated heterocycles. The van der Waals surface area contributed by atoms with Crippen LogP contribution in [-0.4, -0.2) is 141 Å². The zero-order valence-electron chi connectivity index (χ0n) is 45.4. The predicted molar refractivity (Wildman–Crippen MR) is 328 cm³/mol. The number of likely N-dealkylation sites (N-methyl/N-ethyl adjacent to an activating group) is 1. The van der Waals surface area contributed by atoms with Gasteiger partial charge in [-0.1, -0.05) is 70.8 Å². The quantitative estimate of drug-likeness (QED) is 0.0616. The van der Waals surface area contributed by atoms with E-state index in [1.54, 1.807) is 0 Å². The summed E-state index contributed by atoms with van der Waals surface area (Å²) in [5.74, 6) is 0.964. The van der Waals surface area contributed by atoms with Crippen LogP contribution in [-0.2, 0) is 6.54 Å². The summed E-state index contributed by atoms with van der Waals surface area (Å²) in [6.07, 6.45) is 41.3. The molecule has 15 heteroatoms. The molecule has 424 valence electrons. The van der Waals surface area contributed by atoms with Crippen molar-refractivity contribution in [3.05, 3.63) is 153 Å². The fourth-order valence-electron chi connectivity index (χ4n) is 6.53. The number of nitrogens with one attached hydrogen (secondary N) is 11. The average Bonchev–Trinajstić information content (AvgIpc) is 4.38. The van der Waals surface area contributed by atoms with Crippen LogP contribution in [0.5, 0.6) is 0 Å². The number of hydrogen-bond donors (Lipinski definition) is 11. The van der Waals surface area contributed by atoms with Gasteiger partial charge in [0.15, 0.2) is 0 Å². The number of anilines is 1. The highest BCUT2D eigenvalue weighted by atomic mass is 15.2. The third-order valence-corrected chi connectivity index (χ3v) is 11.1. The van der Waals surface area contributed by atoms with E-state index < -0.39 is 0 Å².